The Balaban J connectivity index is 2.00. The van der Waals surface area contributed by atoms with Crippen molar-refractivity contribution in [2.75, 3.05) is 13.7 Å². The molecule has 6 nitrogen and oxygen atoms in total. The topological polar surface area (TPSA) is 62.6 Å². The molecular formula is C26H32N2O4. The molecule has 170 valence electrons. The molecular weight excluding hydrogens is 404 g/mol. The minimum atomic E-state index is -0.871. The van der Waals surface area contributed by atoms with Gasteiger partial charge < -0.3 is 14.2 Å². The fourth-order valence-electron chi connectivity index (χ4n) is 3.01. The Hall–Kier alpha value is -3.12. The van der Waals surface area contributed by atoms with Crippen molar-refractivity contribution in [3.63, 3.8) is 0 Å². The van der Waals surface area contributed by atoms with Crippen molar-refractivity contribution in [1.82, 2.24) is 9.78 Å². The summed E-state index contributed by atoms with van der Waals surface area (Å²) in [5, 5.41) is 4.78. The fourth-order valence-corrected chi connectivity index (χ4v) is 3.01. The molecule has 3 aromatic rings. The van der Waals surface area contributed by atoms with E-state index in [-0.39, 0.29) is 12.4 Å². The van der Waals surface area contributed by atoms with Gasteiger partial charge in [-0.3, -0.25) is 4.79 Å². The number of carbonyl (C=O) groups excluding carboxylic acids is 1. The summed E-state index contributed by atoms with van der Waals surface area (Å²) in [5.41, 5.74) is 2.59. The van der Waals surface area contributed by atoms with Gasteiger partial charge in [0.05, 0.1) is 37.4 Å². The fraction of sp³-hybridized carbons (Fsp3) is 0.385. The normalized spacial score (nSPS) is 11.6. The van der Waals surface area contributed by atoms with Crippen LogP contribution < -0.4 is 9.47 Å². The lowest BCUT2D eigenvalue weighted by Crippen LogP contribution is -2.32. The predicted molar refractivity (Wildman–Crippen MR) is 125 cm³/mol. The number of Topliss-reactive ketones (excluding diaryl/α,β-unsaturated/α-hetero) is 1. The molecule has 0 aliphatic rings. The van der Waals surface area contributed by atoms with Crippen molar-refractivity contribution in [2.45, 2.75) is 46.8 Å². The van der Waals surface area contributed by atoms with E-state index in [1.165, 1.54) is 6.92 Å². The zero-order valence-electron chi connectivity index (χ0n) is 19.7. The number of methoxy groups -OCH3 is 1. The number of hydrogen-bond donors (Lipinski definition) is 0. The first-order chi connectivity index (χ1) is 15.2. The molecule has 0 fully saturated rings. The van der Waals surface area contributed by atoms with Gasteiger partial charge in [-0.1, -0.05) is 32.0 Å². The average Bonchev–Trinajstić information content (AvgIpc) is 3.21. The zero-order valence-corrected chi connectivity index (χ0v) is 19.7. The number of nitrogens with zero attached hydrogens (tertiary/aromatic N) is 2. The van der Waals surface area contributed by atoms with Gasteiger partial charge in [0.1, 0.15) is 17.1 Å². The van der Waals surface area contributed by atoms with Crippen LogP contribution in [0.1, 0.15) is 40.3 Å². The summed E-state index contributed by atoms with van der Waals surface area (Å²) >= 11 is 0. The highest BCUT2D eigenvalue weighted by Crippen LogP contribution is 2.29. The number of rotatable bonds is 10. The second kappa shape index (κ2) is 10.0. The minimum Gasteiger partial charge on any atom is -0.497 e. The summed E-state index contributed by atoms with van der Waals surface area (Å²) in [6, 6.07) is 17.7. The number of aromatic nitrogens is 2. The molecule has 0 aliphatic heterocycles. The first-order valence-electron chi connectivity index (χ1n) is 10.8. The van der Waals surface area contributed by atoms with Crippen molar-refractivity contribution in [2.24, 2.45) is 5.92 Å². The first-order valence-corrected chi connectivity index (χ1v) is 10.8. The Morgan fingerprint density at radius 3 is 2.47 bits per heavy atom. The van der Waals surface area contributed by atoms with Gasteiger partial charge in [0.15, 0.2) is 5.78 Å². The second-order valence-electron chi connectivity index (χ2n) is 8.72. The van der Waals surface area contributed by atoms with Crippen molar-refractivity contribution in [3.05, 3.63) is 60.3 Å². The summed E-state index contributed by atoms with van der Waals surface area (Å²) < 4.78 is 19.1. The van der Waals surface area contributed by atoms with E-state index in [1.807, 2.05) is 59.3 Å². The molecule has 0 radical (unpaired) electrons. The third kappa shape index (κ3) is 5.77. The lowest BCUT2D eigenvalue weighted by molar-refractivity contribution is -0.139. The third-order valence-electron chi connectivity index (χ3n) is 5.20. The molecule has 0 atom stereocenters. The quantitative estimate of drug-likeness (QED) is 0.422. The molecule has 32 heavy (non-hydrogen) atoms. The van der Waals surface area contributed by atoms with E-state index in [0.29, 0.717) is 12.5 Å². The van der Waals surface area contributed by atoms with E-state index < -0.39 is 5.60 Å². The average molecular weight is 437 g/mol. The molecule has 0 saturated carbocycles. The van der Waals surface area contributed by atoms with Gasteiger partial charge in [0.25, 0.3) is 0 Å². The number of carbonyl (C=O) groups is 1. The van der Waals surface area contributed by atoms with E-state index >= 15 is 0 Å². The second-order valence-corrected chi connectivity index (χ2v) is 8.72. The van der Waals surface area contributed by atoms with Gasteiger partial charge in [-0.05, 0) is 57.0 Å². The maximum absolute atomic E-state index is 11.8. The van der Waals surface area contributed by atoms with Gasteiger partial charge in [0.2, 0.25) is 0 Å². The van der Waals surface area contributed by atoms with E-state index in [0.717, 1.165) is 34.1 Å². The maximum Gasteiger partial charge on any atom is 0.161 e. The molecule has 1 heterocycles. The van der Waals surface area contributed by atoms with Crippen molar-refractivity contribution in [1.29, 1.82) is 0 Å². The highest BCUT2D eigenvalue weighted by Gasteiger charge is 2.25. The summed E-state index contributed by atoms with van der Waals surface area (Å²) in [6.45, 7) is 10.2. The van der Waals surface area contributed by atoms with Crippen LogP contribution in [0.2, 0.25) is 0 Å². The highest BCUT2D eigenvalue weighted by atomic mass is 16.5. The third-order valence-corrected chi connectivity index (χ3v) is 5.20. The zero-order chi connectivity index (χ0) is 23.3. The van der Waals surface area contributed by atoms with Crippen molar-refractivity contribution >= 4 is 5.78 Å². The molecule has 1 aromatic heterocycles. The molecule has 0 aliphatic carbocycles. The Kier molecular flexibility index (Phi) is 7.36. The van der Waals surface area contributed by atoms with Crippen molar-refractivity contribution < 1.29 is 19.0 Å². The SMILES string of the molecule is COc1cccc(-n2nc(COC(C)(C)C(C)=O)cc2-c2cccc(OCC(C)C)c2)c1. The molecule has 0 spiro atoms. The molecule has 6 heteroatoms. The molecule has 0 N–H and O–H groups in total. The summed E-state index contributed by atoms with van der Waals surface area (Å²) in [5.74, 6) is 1.97. The standard InChI is InChI=1S/C26H32N2O4/c1-18(2)16-31-24-12-7-9-20(13-24)25-14-21(17-32-26(4,5)19(3)29)27-28(25)22-10-8-11-23(15-22)30-6/h7-15,18H,16-17H2,1-6H3. The molecule has 0 amide bonds. The first kappa shape index (κ1) is 23.5. The van der Waals surface area contributed by atoms with Crippen LogP contribution in [0.15, 0.2) is 54.6 Å². The van der Waals surface area contributed by atoms with E-state index in [9.17, 15) is 4.79 Å². The van der Waals surface area contributed by atoms with Gasteiger partial charge in [-0.2, -0.15) is 5.10 Å². The van der Waals surface area contributed by atoms with Crippen LogP contribution in [-0.4, -0.2) is 34.9 Å². The Morgan fingerprint density at radius 1 is 1.06 bits per heavy atom. The minimum absolute atomic E-state index is 0.0278. The van der Waals surface area contributed by atoms with Crippen LogP contribution in [0, 0.1) is 5.92 Å². The molecule has 0 bridgehead atoms. The number of benzene rings is 2. The van der Waals surface area contributed by atoms with Crippen LogP contribution in [0.5, 0.6) is 11.5 Å². The van der Waals surface area contributed by atoms with Gasteiger partial charge >= 0.3 is 0 Å². The Bertz CT molecular complexity index is 1070. The number of ketones is 1. The predicted octanol–water partition coefficient (Wildman–Crippen LogP) is 5.47. The van der Waals surface area contributed by atoms with Gasteiger partial charge in [0, 0.05) is 11.6 Å². The number of hydrogen-bond acceptors (Lipinski definition) is 5. The molecule has 3 rings (SSSR count). The lowest BCUT2D eigenvalue weighted by atomic mass is 10.1. The monoisotopic (exact) mass is 436 g/mol. The van der Waals surface area contributed by atoms with Crippen LogP contribution in [0.4, 0.5) is 0 Å². The molecule has 0 unspecified atom stereocenters. The van der Waals surface area contributed by atoms with Crippen molar-refractivity contribution in [3.8, 4) is 28.4 Å². The number of ether oxygens (including phenoxy) is 3. The van der Waals surface area contributed by atoms with E-state index in [4.69, 9.17) is 19.3 Å². The largest absolute Gasteiger partial charge is 0.497 e. The maximum atomic E-state index is 11.8. The summed E-state index contributed by atoms with van der Waals surface area (Å²) in [6.07, 6.45) is 0. The van der Waals surface area contributed by atoms with Gasteiger partial charge in [-0.15, -0.1) is 0 Å². The lowest BCUT2D eigenvalue weighted by Gasteiger charge is -2.21. The smallest absolute Gasteiger partial charge is 0.161 e. The highest BCUT2D eigenvalue weighted by molar-refractivity contribution is 5.83. The molecule has 2 aromatic carbocycles. The Morgan fingerprint density at radius 2 is 1.78 bits per heavy atom. The van der Waals surface area contributed by atoms with Crippen LogP contribution in [0.3, 0.4) is 0 Å². The van der Waals surface area contributed by atoms with Crippen LogP contribution in [-0.2, 0) is 16.1 Å². The summed E-state index contributed by atoms with van der Waals surface area (Å²) in [7, 11) is 1.64. The van der Waals surface area contributed by atoms with Crippen LogP contribution in [0.25, 0.3) is 16.9 Å². The van der Waals surface area contributed by atoms with Crippen LogP contribution >= 0.6 is 0 Å². The molecule has 0 saturated heterocycles. The van der Waals surface area contributed by atoms with E-state index in [1.54, 1.807) is 21.0 Å². The van der Waals surface area contributed by atoms with Gasteiger partial charge in [-0.25, -0.2) is 4.68 Å². The van der Waals surface area contributed by atoms with E-state index in [2.05, 4.69) is 13.8 Å². The summed E-state index contributed by atoms with van der Waals surface area (Å²) in [4.78, 5) is 11.8. The Labute approximate surface area is 190 Å².